The minimum atomic E-state index is 0.658. The van der Waals surface area contributed by atoms with E-state index in [1.54, 1.807) is 0 Å². The Morgan fingerprint density at radius 1 is 0.667 bits per heavy atom. The van der Waals surface area contributed by atoms with Crippen molar-refractivity contribution in [2.75, 3.05) is 4.90 Å². The first-order chi connectivity index (χ1) is 17.7. The lowest BCUT2D eigenvalue weighted by molar-refractivity contribution is 0.444. The standard InChI is InChI=1S/C31H20N2O3/c1-17-14-22(32-16-18(17)2)20-9-7-8-19-21-15-27-28-31(30(21)36-29(19)20)35-26-13-6-4-11-24(26)33(28)23-10-3-5-12-25(23)34-27/h3-16H,1-2H3. The van der Waals surface area contributed by atoms with Gasteiger partial charge in [-0.3, -0.25) is 9.88 Å². The van der Waals surface area contributed by atoms with Crippen LogP contribution in [0.4, 0.5) is 17.1 Å². The fourth-order valence-electron chi connectivity index (χ4n) is 5.28. The number of para-hydroxylation sites is 5. The number of hydrogen-bond donors (Lipinski definition) is 0. The number of nitrogens with zero attached hydrogens (tertiary/aromatic N) is 2. The minimum absolute atomic E-state index is 0.658. The number of hydrogen-bond acceptors (Lipinski definition) is 5. The number of benzene rings is 4. The van der Waals surface area contributed by atoms with Crippen molar-refractivity contribution in [1.82, 2.24) is 4.98 Å². The highest BCUT2D eigenvalue weighted by molar-refractivity contribution is 6.14. The molecule has 6 aromatic rings. The molecule has 0 saturated heterocycles. The molecule has 4 heterocycles. The van der Waals surface area contributed by atoms with Gasteiger partial charge < -0.3 is 13.9 Å². The normalized spacial score (nSPS) is 13.1. The summed E-state index contributed by atoms with van der Waals surface area (Å²) in [4.78, 5) is 6.91. The molecule has 0 bridgehead atoms. The second kappa shape index (κ2) is 6.89. The molecule has 0 spiro atoms. The largest absolute Gasteiger partial charge is 0.453 e. The summed E-state index contributed by atoms with van der Waals surface area (Å²) in [5.41, 5.74) is 8.47. The van der Waals surface area contributed by atoms with E-state index in [2.05, 4.69) is 55.1 Å². The maximum Gasteiger partial charge on any atom is 0.198 e. The average Bonchev–Trinajstić information content (AvgIpc) is 3.29. The van der Waals surface area contributed by atoms with Crippen LogP contribution in [-0.4, -0.2) is 4.98 Å². The van der Waals surface area contributed by atoms with Crippen LogP contribution in [-0.2, 0) is 0 Å². The fourth-order valence-corrected chi connectivity index (χ4v) is 5.28. The molecule has 5 nitrogen and oxygen atoms in total. The Bertz CT molecular complexity index is 1870. The van der Waals surface area contributed by atoms with E-state index >= 15 is 0 Å². The van der Waals surface area contributed by atoms with E-state index in [0.29, 0.717) is 11.3 Å². The average molecular weight is 469 g/mol. The van der Waals surface area contributed by atoms with E-state index in [1.807, 2.05) is 48.7 Å². The van der Waals surface area contributed by atoms with Crippen LogP contribution in [0, 0.1) is 13.8 Å². The summed E-state index contributed by atoms with van der Waals surface area (Å²) in [6.07, 6.45) is 1.91. The number of ether oxygens (including phenoxy) is 2. The number of anilines is 3. The molecular formula is C31H20N2O3. The van der Waals surface area contributed by atoms with Crippen LogP contribution in [0.3, 0.4) is 0 Å². The molecule has 2 aliphatic heterocycles. The van der Waals surface area contributed by atoms with Gasteiger partial charge in [-0.05, 0) is 67.4 Å². The van der Waals surface area contributed by atoms with Crippen LogP contribution in [0.1, 0.15) is 11.1 Å². The Hall–Kier alpha value is -4.77. The molecule has 172 valence electrons. The van der Waals surface area contributed by atoms with Crippen molar-refractivity contribution in [3.05, 3.63) is 96.2 Å². The molecular weight excluding hydrogens is 448 g/mol. The fraction of sp³-hybridized carbons (Fsp3) is 0.0645. The van der Waals surface area contributed by atoms with Crippen LogP contribution < -0.4 is 14.4 Å². The second-order valence-corrected chi connectivity index (χ2v) is 9.34. The number of furan rings is 1. The molecule has 2 aromatic heterocycles. The van der Waals surface area contributed by atoms with Gasteiger partial charge in [-0.25, -0.2) is 0 Å². The van der Waals surface area contributed by atoms with Gasteiger partial charge in [-0.15, -0.1) is 0 Å². The van der Waals surface area contributed by atoms with Gasteiger partial charge in [0.15, 0.2) is 28.6 Å². The second-order valence-electron chi connectivity index (χ2n) is 9.34. The van der Waals surface area contributed by atoms with Crippen LogP contribution in [0.25, 0.3) is 33.2 Å². The van der Waals surface area contributed by atoms with Gasteiger partial charge in [0.1, 0.15) is 11.3 Å². The van der Waals surface area contributed by atoms with Gasteiger partial charge in [-0.1, -0.05) is 36.4 Å². The van der Waals surface area contributed by atoms with Crippen molar-refractivity contribution in [1.29, 1.82) is 0 Å². The topological polar surface area (TPSA) is 47.7 Å². The van der Waals surface area contributed by atoms with Gasteiger partial charge in [-0.2, -0.15) is 0 Å². The zero-order valence-electron chi connectivity index (χ0n) is 19.7. The highest BCUT2D eigenvalue weighted by atomic mass is 16.5. The van der Waals surface area contributed by atoms with Crippen molar-refractivity contribution in [2.45, 2.75) is 13.8 Å². The third kappa shape index (κ3) is 2.52. The molecule has 8 rings (SSSR count). The Morgan fingerprint density at radius 2 is 1.42 bits per heavy atom. The smallest absolute Gasteiger partial charge is 0.198 e. The summed E-state index contributed by atoms with van der Waals surface area (Å²) in [6.45, 7) is 4.18. The summed E-state index contributed by atoms with van der Waals surface area (Å²) < 4.78 is 19.6. The van der Waals surface area contributed by atoms with E-state index in [0.717, 1.165) is 67.5 Å². The zero-order chi connectivity index (χ0) is 24.0. The van der Waals surface area contributed by atoms with Crippen molar-refractivity contribution < 1.29 is 13.9 Å². The lowest BCUT2D eigenvalue weighted by Crippen LogP contribution is -2.20. The molecule has 36 heavy (non-hydrogen) atoms. The molecule has 0 radical (unpaired) electrons. The summed E-state index contributed by atoms with van der Waals surface area (Å²) in [5, 5.41) is 1.95. The molecule has 0 saturated carbocycles. The maximum absolute atomic E-state index is 6.63. The first kappa shape index (κ1) is 19.5. The van der Waals surface area contributed by atoms with Crippen molar-refractivity contribution in [2.24, 2.45) is 0 Å². The van der Waals surface area contributed by atoms with E-state index in [-0.39, 0.29) is 0 Å². The number of fused-ring (bicyclic) bond motifs is 8. The van der Waals surface area contributed by atoms with Crippen molar-refractivity contribution in [3.8, 4) is 34.3 Å². The Morgan fingerprint density at radius 3 is 2.19 bits per heavy atom. The third-order valence-corrected chi connectivity index (χ3v) is 7.20. The molecule has 2 aliphatic rings. The van der Waals surface area contributed by atoms with Crippen LogP contribution in [0.5, 0.6) is 23.0 Å². The van der Waals surface area contributed by atoms with E-state index < -0.39 is 0 Å². The summed E-state index contributed by atoms with van der Waals surface area (Å²) >= 11 is 0. The third-order valence-electron chi connectivity index (χ3n) is 7.20. The first-order valence-electron chi connectivity index (χ1n) is 12.0. The number of rotatable bonds is 1. The van der Waals surface area contributed by atoms with Gasteiger partial charge in [0.05, 0.1) is 17.1 Å². The molecule has 0 amide bonds. The van der Waals surface area contributed by atoms with Gasteiger partial charge in [0.2, 0.25) is 0 Å². The predicted octanol–water partition coefficient (Wildman–Crippen LogP) is 8.95. The van der Waals surface area contributed by atoms with Crippen molar-refractivity contribution >= 4 is 39.0 Å². The van der Waals surface area contributed by atoms with Crippen LogP contribution in [0.2, 0.25) is 0 Å². The predicted molar refractivity (Wildman–Crippen MR) is 141 cm³/mol. The monoisotopic (exact) mass is 468 g/mol. The van der Waals surface area contributed by atoms with Gasteiger partial charge in [0, 0.05) is 22.5 Å². The summed E-state index contributed by atoms with van der Waals surface area (Å²) in [7, 11) is 0. The Balaban J connectivity index is 1.46. The lowest BCUT2D eigenvalue weighted by atomic mass is 10.0. The zero-order valence-corrected chi connectivity index (χ0v) is 19.7. The van der Waals surface area contributed by atoms with Gasteiger partial charge in [0.25, 0.3) is 0 Å². The quantitative estimate of drug-likeness (QED) is 0.241. The lowest BCUT2D eigenvalue weighted by Gasteiger charge is -2.37. The number of aromatic nitrogens is 1. The molecule has 4 aromatic carbocycles. The van der Waals surface area contributed by atoms with Crippen LogP contribution >= 0.6 is 0 Å². The summed E-state index contributed by atoms with van der Waals surface area (Å²) in [6, 6.07) is 26.5. The molecule has 0 atom stereocenters. The van der Waals surface area contributed by atoms with E-state index in [9.17, 15) is 0 Å². The van der Waals surface area contributed by atoms with E-state index in [1.165, 1.54) is 5.56 Å². The van der Waals surface area contributed by atoms with Crippen molar-refractivity contribution in [3.63, 3.8) is 0 Å². The van der Waals surface area contributed by atoms with Gasteiger partial charge >= 0.3 is 0 Å². The molecule has 0 fully saturated rings. The Labute approximate surface area is 207 Å². The molecule has 0 aliphatic carbocycles. The molecule has 0 N–H and O–H groups in total. The molecule has 5 heteroatoms. The molecule has 0 unspecified atom stereocenters. The number of pyridine rings is 1. The maximum atomic E-state index is 6.63. The highest BCUT2D eigenvalue weighted by Crippen LogP contribution is 2.62. The minimum Gasteiger partial charge on any atom is -0.453 e. The summed E-state index contributed by atoms with van der Waals surface area (Å²) in [5.74, 6) is 2.98. The number of aryl methyl sites for hydroxylation is 2. The van der Waals surface area contributed by atoms with E-state index in [4.69, 9.17) is 18.9 Å². The highest BCUT2D eigenvalue weighted by Gasteiger charge is 2.37. The Kier molecular flexibility index (Phi) is 3.74. The first-order valence-corrected chi connectivity index (χ1v) is 12.0. The SMILES string of the molecule is Cc1cnc(-c2cccc3c2oc2c4c5c(cc23)Oc2ccccc2N5c2ccccc2O4)cc1C. The van der Waals surface area contributed by atoms with Crippen LogP contribution in [0.15, 0.2) is 89.5 Å².